The summed E-state index contributed by atoms with van der Waals surface area (Å²) in [5.41, 5.74) is 1.46. The van der Waals surface area contributed by atoms with Gasteiger partial charge in [0.25, 0.3) is 0 Å². The molecule has 0 bridgehead atoms. The molecule has 0 atom stereocenters. The average Bonchev–Trinajstić information content (AvgIpc) is 2.16. The molecule has 0 N–H and O–H groups in total. The molecular weight excluding hydrogens is 190 g/mol. The molecule has 1 aliphatic rings. The first-order valence-corrected chi connectivity index (χ1v) is 5.14. The molecule has 82 valence electrons. The van der Waals surface area contributed by atoms with Gasteiger partial charge < -0.3 is 4.90 Å². The number of carbonyl (C=O) groups excluding carboxylic acids is 2. The minimum atomic E-state index is -0.0313. The van der Waals surface area contributed by atoms with Gasteiger partial charge in [-0.3, -0.25) is 9.59 Å². The summed E-state index contributed by atoms with van der Waals surface area (Å²) in [7, 11) is 1.83. The molecule has 0 fully saturated rings. The van der Waals surface area contributed by atoms with E-state index < -0.39 is 0 Å². The summed E-state index contributed by atoms with van der Waals surface area (Å²) < 4.78 is 0. The molecule has 1 aliphatic heterocycles. The van der Waals surface area contributed by atoms with Crippen LogP contribution in [0.5, 0.6) is 0 Å². The Kier molecular flexibility index (Phi) is 3.45. The predicted molar refractivity (Wildman–Crippen MR) is 59.1 cm³/mol. The minimum Gasteiger partial charge on any atom is -0.356 e. The van der Waals surface area contributed by atoms with Crippen LogP contribution in [-0.2, 0) is 9.59 Å². The predicted octanol–water partition coefficient (Wildman–Crippen LogP) is 1.90. The molecule has 0 spiro atoms. The van der Waals surface area contributed by atoms with Crippen molar-refractivity contribution in [2.75, 3.05) is 7.05 Å². The lowest BCUT2D eigenvalue weighted by molar-refractivity contribution is -0.114. The zero-order valence-electron chi connectivity index (χ0n) is 9.70. The van der Waals surface area contributed by atoms with Gasteiger partial charge in [-0.15, -0.1) is 0 Å². The van der Waals surface area contributed by atoms with Crippen molar-refractivity contribution in [2.24, 2.45) is 5.92 Å². The summed E-state index contributed by atoms with van der Waals surface area (Å²) in [6, 6.07) is 0. The van der Waals surface area contributed by atoms with Crippen LogP contribution in [0.2, 0.25) is 0 Å². The molecule has 0 aromatic heterocycles. The summed E-state index contributed by atoms with van der Waals surface area (Å²) in [6.07, 6.45) is 4.40. The number of hydrogen-bond donors (Lipinski definition) is 0. The summed E-state index contributed by atoms with van der Waals surface area (Å²) in [4.78, 5) is 24.7. The monoisotopic (exact) mass is 207 g/mol. The van der Waals surface area contributed by atoms with E-state index in [1.807, 2.05) is 26.4 Å². The summed E-state index contributed by atoms with van der Waals surface area (Å²) in [5.74, 6) is 0.0531. The Balaban J connectivity index is 3.12. The van der Waals surface area contributed by atoms with Crippen LogP contribution in [0.4, 0.5) is 0 Å². The number of hydrogen-bond acceptors (Lipinski definition) is 3. The van der Waals surface area contributed by atoms with Crippen LogP contribution in [0.1, 0.15) is 27.2 Å². The second-order valence-corrected chi connectivity index (χ2v) is 3.91. The minimum absolute atomic E-state index is 0.0313. The van der Waals surface area contributed by atoms with Crippen molar-refractivity contribution in [2.45, 2.75) is 27.2 Å². The van der Waals surface area contributed by atoms with Crippen LogP contribution in [0.3, 0.4) is 0 Å². The zero-order valence-corrected chi connectivity index (χ0v) is 9.70. The van der Waals surface area contributed by atoms with Gasteiger partial charge in [-0.25, -0.2) is 0 Å². The van der Waals surface area contributed by atoms with Gasteiger partial charge >= 0.3 is 0 Å². The van der Waals surface area contributed by atoms with Crippen molar-refractivity contribution >= 4 is 11.6 Å². The Bertz CT molecular complexity index is 321. The highest BCUT2D eigenvalue weighted by atomic mass is 16.1. The van der Waals surface area contributed by atoms with Gasteiger partial charge in [0.2, 0.25) is 0 Å². The number of carbonyl (C=O) groups is 2. The van der Waals surface area contributed by atoms with E-state index in [4.69, 9.17) is 0 Å². The Labute approximate surface area is 90.5 Å². The third-order valence-corrected chi connectivity index (χ3v) is 2.66. The molecule has 3 heteroatoms. The molecule has 0 radical (unpaired) electrons. The first kappa shape index (κ1) is 11.7. The van der Waals surface area contributed by atoms with E-state index in [-0.39, 0.29) is 17.5 Å². The number of allylic oxidation sites excluding steroid dienone is 2. The number of rotatable bonds is 3. The summed E-state index contributed by atoms with van der Waals surface area (Å²) in [5, 5.41) is 0. The quantitative estimate of drug-likeness (QED) is 0.709. The highest BCUT2D eigenvalue weighted by molar-refractivity contribution is 6.00. The maximum atomic E-state index is 11.4. The van der Waals surface area contributed by atoms with Gasteiger partial charge in [0.05, 0.1) is 0 Å². The Morgan fingerprint density at radius 3 is 1.87 bits per heavy atom. The number of nitrogens with zero attached hydrogens (tertiary/aromatic N) is 1. The summed E-state index contributed by atoms with van der Waals surface area (Å²) in [6.45, 7) is 5.08. The Morgan fingerprint density at radius 2 is 1.60 bits per heavy atom. The maximum Gasteiger partial charge on any atom is 0.157 e. The lowest BCUT2D eigenvalue weighted by Gasteiger charge is -2.27. The second kappa shape index (κ2) is 4.43. The average molecular weight is 207 g/mol. The van der Waals surface area contributed by atoms with E-state index in [1.54, 1.807) is 18.7 Å². The SMILES string of the molecule is CCC1C(C(C)=O)=CN(C)C=C1C(C)=O. The molecule has 3 nitrogen and oxygen atoms in total. The summed E-state index contributed by atoms with van der Waals surface area (Å²) >= 11 is 0. The van der Waals surface area contributed by atoms with E-state index in [0.29, 0.717) is 0 Å². The Hall–Kier alpha value is -1.38. The molecule has 1 rings (SSSR count). The molecule has 0 unspecified atom stereocenters. The van der Waals surface area contributed by atoms with E-state index in [2.05, 4.69) is 0 Å². The first-order valence-electron chi connectivity index (χ1n) is 5.14. The van der Waals surface area contributed by atoms with Crippen LogP contribution in [-0.4, -0.2) is 23.5 Å². The first-order chi connectivity index (χ1) is 6.97. The van der Waals surface area contributed by atoms with Gasteiger partial charge in [0, 0.05) is 36.5 Å². The van der Waals surface area contributed by atoms with E-state index in [9.17, 15) is 9.59 Å². The van der Waals surface area contributed by atoms with Gasteiger partial charge in [-0.05, 0) is 20.3 Å². The van der Waals surface area contributed by atoms with Gasteiger partial charge in [-0.2, -0.15) is 0 Å². The van der Waals surface area contributed by atoms with Gasteiger partial charge in [0.1, 0.15) is 0 Å². The van der Waals surface area contributed by atoms with Crippen LogP contribution >= 0.6 is 0 Å². The molecule has 15 heavy (non-hydrogen) atoms. The maximum absolute atomic E-state index is 11.4. The van der Waals surface area contributed by atoms with Crippen LogP contribution in [0.15, 0.2) is 23.5 Å². The molecule has 0 aromatic rings. The van der Waals surface area contributed by atoms with Crippen molar-refractivity contribution in [3.05, 3.63) is 23.5 Å². The third kappa shape index (κ3) is 2.35. The normalized spacial score (nSPS) is 17.2. The topological polar surface area (TPSA) is 37.4 Å². The molecule has 0 saturated heterocycles. The number of Topliss-reactive ketones (excluding diaryl/α,β-unsaturated/α-hetero) is 2. The van der Waals surface area contributed by atoms with Crippen molar-refractivity contribution in [3.63, 3.8) is 0 Å². The van der Waals surface area contributed by atoms with Crippen LogP contribution in [0, 0.1) is 5.92 Å². The lowest BCUT2D eigenvalue weighted by atomic mass is 9.84. The van der Waals surface area contributed by atoms with Crippen molar-refractivity contribution in [1.82, 2.24) is 4.90 Å². The molecule has 0 saturated carbocycles. The fourth-order valence-corrected chi connectivity index (χ4v) is 1.94. The largest absolute Gasteiger partial charge is 0.356 e. The highest BCUT2D eigenvalue weighted by Gasteiger charge is 2.26. The lowest BCUT2D eigenvalue weighted by Crippen LogP contribution is -2.25. The van der Waals surface area contributed by atoms with Crippen molar-refractivity contribution in [3.8, 4) is 0 Å². The van der Waals surface area contributed by atoms with Crippen molar-refractivity contribution in [1.29, 1.82) is 0 Å². The van der Waals surface area contributed by atoms with Crippen molar-refractivity contribution < 1.29 is 9.59 Å². The Morgan fingerprint density at radius 1 is 1.20 bits per heavy atom. The van der Waals surface area contributed by atoms with Gasteiger partial charge in [0.15, 0.2) is 11.6 Å². The highest BCUT2D eigenvalue weighted by Crippen LogP contribution is 2.29. The van der Waals surface area contributed by atoms with Crippen LogP contribution in [0.25, 0.3) is 0 Å². The van der Waals surface area contributed by atoms with Gasteiger partial charge in [-0.1, -0.05) is 6.92 Å². The van der Waals surface area contributed by atoms with E-state index in [0.717, 1.165) is 17.6 Å². The standard InChI is InChI=1S/C12H17NO2/c1-5-10-11(8(2)14)6-13(4)7-12(10)9(3)15/h6-7,10H,5H2,1-4H3. The molecule has 0 amide bonds. The smallest absolute Gasteiger partial charge is 0.157 e. The second-order valence-electron chi connectivity index (χ2n) is 3.91. The van der Waals surface area contributed by atoms with E-state index >= 15 is 0 Å². The molecule has 0 aliphatic carbocycles. The zero-order chi connectivity index (χ0) is 11.6. The van der Waals surface area contributed by atoms with Crippen LogP contribution < -0.4 is 0 Å². The molecular formula is C12H17NO2. The third-order valence-electron chi connectivity index (χ3n) is 2.66. The fraction of sp³-hybridized carbons (Fsp3) is 0.500. The number of ketones is 2. The fourth-order valence-electron chi connectivity index (χ4n) is 1.94. The molecule has 0 aromatic carbocycles. The molecule has 1 heterocycles. The van der Waals surface area contributed by atoms with E-state index in [1.165, 1.54) is 0 Å².